The van der Waals surface area contributed by atoms with Crippen molar-refractivity contribution < 1.29 is 14.7 Å². The molecule has 1 rings (SSSR count). The predicted molar refractivity (Wildman–Crippen MR) is 64.6 cm³/mol. The Kier molecular flexibility index (Phi) is 5.28. The average Bonchev–Trinajstić information content (AvgIpc) is 2.64. The number of carbonyl (C=O) groups is 2. The fourth-order valence-electron chi connectivity index (χ4n) is 2.16. The summed E-state index contributed by atoms with van der Waals surface area (Å²) in [6, 6.07) is 0. The zero-order chi connectivity index (χ0) is 12.0. The van der Waals surface area contributed by atoms with Gasteiger partial charge in [-0.3, -0.25) is 9.59 Å². The minimum atomic E-state index is -0.900. The second-order valence-electron chi connectivity index (χ2n) is 4.29. The highest BCUT2D eigenvalue weighted by atomic mass is 32.2. The van der Waals surface area contributed by atoms with Crippen LogP contribution < -0.4 is 5.32 Å². The van der Waals surface area contributed by atoms with Crippen molar-refractivity contribution >= 4 is 22.8 Å². The Balaban J connectivity index is 2.42. The third kappa shape index (κ3) is 4.14. The van der Waals surface area contributed by atoms with Gasteiger partial charge in [0, 0.05) is 17.7 Å². The summed E-state index contributed by atoms with van der Waals surface area (Å²) in [5, 5.41) is 11.7. The van der Waals surface area contributed by atoms with E-state index in [0.717, 1.165) is 19.4 Å². The third-order valence-electron chi connectivity index (χ3n) is 2.89. The lowest BCUT2D eigenvalue weighted by atomic mass is 10.1. The van der Waals surface area contributed by atoms with Crippen molar-refractivity contribution in [3.05, 3.63) is 0 Å². The van der Waals surface area contributed by atoms with E-state index in [0.29, 0.717) is 0 Å². The van der Waals surface area contributed by atoms with Gasteiger partial charge in [-0.15, -0.1) is 0 Å². The Morgan fingerprint density at radius 3 is 2.44 bits per heavy atom. The lowest BCUT2D eigenvalue weighted by Crippen LogP contribution is -2.34. The van der Waals surface area contributed by atoms with Gasteiger partial charge < -0.3 is 10.4 Å². The van der Waals surface area contributed by atoms with Crippen LogP contribution in [0.2, 0.25) is 0 Å². The van der Waals surface area contributed by atoms with E-state index >= 15 is 0 Å². The van der Waals surface area contributed by atoms with Crippen molar-refractivity contribution in [2.75, 3.05) is 13.6 Å². The molecule has 5 heteroatoms. The number of carboxylic acid groups (broad SMARTS) is 1. The lowest BCUT2D eigenvalue weighted by molar-refractivity contribution is -0.137. The minimum absolute atomic E-state index is 0.0135. The van der Waals surface area contributed by atoms with Crippen LogP contribution in [0.5, 0.6) is 0 Å². The first-order valence-electron chi connectivity index (χ1n) is 5.66. The molecule has 4 nitrogen and oxygen atoms in total. The molecule has 0 amide bonds. The van der Waals surface area contributed by atoms with Crippen LogP contribution in [-0.2, 0) is 9.59 Å². The lowest BCUT2D eigenvalue weighted by Gasteiger charge is -2.26. The molecule has 1 aliphatic rings. The summed E-state index contributed by atoms with van der Waals surface area (Å²) in [5.41, 5.74) is 0. The van der Waals surface area contributed by atoms with Crippen molar-refractivity contribution in [1.82, 2.24) is 5.32 Å². The highest BCUT2D eigenvalue weighted by Crippen LogP contribution is 2.41. The second-order valence-corrected chi connectivity index (χ2v) is 5.81. The van der Waals surface area contributed by atoms with E-state index in [4.69, 9.17) is 5.11 Å². The number of hydrogen-bond acceptors (Lipinski definition) is 4. The summed E-state index contributed by atoms with van der Waals surface area (Å²) < 4.78 is 0.0182. The quantitative estimate of drug-likeness (QED) is 0.744. The number of rotatable bonds is 6. The molecule has 0 radical (unpaired) electrons. The van der Waals surface area contributed by atoms with E-state index in [2.05, 4.69) is 5.32 Å². The molecule has 1 aliphatic carbocycles. The van der Waals surface area contributed by atoms with Crippen LogP contribution in [0.4, 0.5) is 0 Å². The Hall–Kier alpha value is -0.550. The molecule has 0 aromatic rings. The first kappa shape index (κ1) is 13.5. The van der Waals surface area contributed by atoms with Gasteiger partial charge in [-0.25, -0.2) is 0 Å². The van der Waals surface area contributed by atoms with Crippen LogP contribution in [0.15, 0.2) is 0 Å². The van der Waals surface area contributed by atoms with E-state index in [9.17, 15) is 9.59 Å². The molecule has 16 heavy (non-hydrogen) atoms. The molecule has 0 aliphatic heterocycles. The molecule has 0 spiro atoms. The maximum Gasteiger partial charge on any atom is 0.303 e. The summed E-state index contributed by atoms with van der Waals surface area (Å²) in [7, 11) is 1.89. The van der Waals surface area contributed by atoms with Gasteiger partial charge in [-0.05, 0) is 19.9 Å². The van der Waals surface area contributed by atoms with Crippen molar-refractivity contribution in [3.8, 4) is 0 Å². The maximum absolute atomic E-state index is 11.7. The molecule has 1 saturated carbocycles. The molecular formula is C11H19NO3S. The Morgan fingerprint density at radius 2 is 1.94 bits per heavy atom. The van der Waals surface area contributed by atoms with E-state index in [1.54, 1.807) is 0 Å². The standard InChI is InChI=1S/C11H19NO3S/c1-12-8-11(6-2-3-7-11)16-10(15)5-4-9(13)14/h12H,2-8H2,1H3,(H,13,14). The van der Waals surface area contributed by atoms with Gasteiger partial charge in [0.25, 0.3) is 0 Å². The minimum Gasteiger partial charge on any atom is -0.481 e. The monoisotopic (exact) mass is 245 g/mol. The molecule has 0 heterocycles. The number of hydrogen-bond donors (Lipinski definition) is 2. The zero-order valence-corrected chi connectivity index (χ0v) is 10.4. The molecule has 0 bridgehead atoms. The molecule has 1 fully saturated rings. The van der Waals surface area contributed by atoms with Crippen LogP contribution in [-0.4, -0.2) is 34.5 Å². The third-order valence-corrected chi connectivity index (χ3v) is 4.30. The summed E-state index contributed by atoms with van der Waals surface area (Å²) in [6.45, 7) is 0.830. The molecule has 2 N–H and O–H groups in total. The predicted octanol–water partition coefficient (Wildman–Crippen LogP) is 1.64. The van der Waals surface area contributed by atoms with Gasteiger partial charge in [0.2, 0.25) is 0 Å². The van der Waals surface area contributed by atoms with Crippen LogP contribution in [0.25, 0.3) is 0 Å². The summed E-state index contributed by atoms with van der Waals surface area (Å²) in [5.74, 6) is -0.900. The molecule has 0 unspecified atom stereocenters. The SMILES string of the molecule is CNCC1(SC(=O)CCC(=O)O)CCCC1. The van der Waals surface area contributed by atoms with Gasteiger partial charge in [-0.2, -0.15) is 0 Å². The first-order chi connectivity index (χ1) is 7.58. The molecule has 0 atom stereocenters. The summed E-state index contributed by atoms with van der Waals surface area (Å²) in [6.07, 6.45) is 4.53. The van der Waals surface area contributed by atoms with Gasteiger partial charge in [-0.1, -0.05) is 24.6 Å². The fourth-order valence-corrected chi connectivity index (χ4v) is 3.55. The summed E-state index contributed by atoms with van der Waals surface area (Å²) in [4.78, 5) is 22.0. The van der Waals surface area contributed by atoms with Crippen LogP contribution >= 0.6 is 11.8 Å². The molecule has 0 aromatic heterocycles. The molecule has 0 saturated heterocycles. The maximum atomic E-state index is 11.7. The van der Waals surface area contributed by atoms with E-state index in [1.807, 2.05) is 7.05 Å². The molecule has 92 valence electrons. The highest BCUT2D eigenvalue weighted by Gasteiger charge is 2.36. The highest BCUT2D eigenvalue weighted by molar-refractivity contribution is 8.14. The largest absolute Gasteiger partial charge is 0.481 e. The van der Waals surface area contributed by atoms with Crippen LogP contribution in [0.1, 0.15) is 38.5 Å². The van der Waals surface area contributed by atoms with Crippen molar-refractivity contribution in [1.29, 1.82) is 0 Å². The number of carbonyl (C=O) groups excluding carboxylic acids is 1. The van der Waals surface area contributed by atoms with Crippen LogP contribution in [0, 0.1) is 0 Å². The van der Waals surface area contributed by atoms with Crippen molar-refractivity contribution in [2.24, 2.45) is 0 Å². The summed E-state index contributed by atoms with van der Waals surface area (Å²) >= 11 is 1.36. The smallest absolute Gasteiger partial charge is 0.303 e. The zero-order valence-electron chi connectivity index (χ0n) is 9.62. The van der Waals surface area contributed by atoms with Gasteiger partial charge in [0.15, 0.2) is 5.12 Å². The molecule has 0 aromatic carbocycles. The van der Waals surface area contributed by atoms with Gasteiger partial charge in [0.05, 0.1) is 6.42 Å². The van der Waals surface area contributed by atoms with Crippen molar-refractivity contribution in [3.63, 3.8) is 0 Å². The first-order valence-corrected chi connectivity index (χ1v) is 6.48. The van der Waals surface area contributed by atoms with Gasteiger partial charge in [0.1, 0.15) is 0 Å². The van der Waals surface area contributed by atoms with E-state index in [-0.39, 0.29) is 22.7 Å². The van der Waals surface area contributed by atoms with E-state index in [1.165, 1.54) is 24.6 Å². The van der Waals surface area contributed by atoms with Crippen molar-refractivity contribution in [2.45, 2.75) is 43.3 Å². The topological polar surface area (TPSA) is 66.4 Å². The molecular weight excluding hydrogens is 226 g/mol. The van der Waals surface area contributed by atoms with Crippen LogP contribution in [0.3, 0.4) is 0 Å². The number of aliphatic carboxylic acids is 1. The average molecular weight is 245 g/mol. The number of nitrogens with one attached hydrogen (secondary N) is 1. The number of carboxylic acids is 1. The Labute approximate surface area is 100 Å². The van der Waals surface area contributed by atoms with Gasteiger partial charge >= 0.3 is 5.97 Å². The Bertz CT molecular complexity index is 262. The Morgan fingerprint density at radius 1 is 1.31 bits per heavy atom. The fraction of sp³-hybridized carbons (Fsp3) is 0.818. The second kappa shape index (κ2) is 6.25. The van der Waals surface area contributed by atoms with E-state index < -0.39 is 5.97 Å². The normalized spacial score (nSPS) is 18.6. The number of thioether (sulfide) groups is 1.